The van der Waals surface area contributed by atoms with Gasteiger partial charge in [0.25, 0.3) is 0 Å². The van der Waals surface area contributed by atoms with Crippen LogP contribution >= 0.6 is 0 Å². The van der Waals surface area contributed by atoms with Crippen LogP contribution < -0.4 is 16.8 Å². The van der Waals surface area contributed by atoms with Gasteiger partial charge in [0.05, 0.1) is 6.42 Å². The number of nitrogens with zero attached hydrogens (tertiary/aromatic N) is 1. The molecule has 1 heterocycles. The van der Waals surface area contributed by atoms with Crippen LogP contribution in [0.5, 0.6) is 0 Å². The summed E-state index contributed by atoms with van der Waals surface area (Å²) in [6.45, 7) is 0. The van der Waals surface area contributed by atoms with E-state index in [4.69, 9.17) is 11.5 Å². The van der Waals surface area contributed by atoms with E-state index in [1.54, 1.807) is 0 Å². The van der Waals surface area contributed by atoms with Gasteiger partial charge in [-0.25, -0.2) is 4.79 Å². The van der Waals surface area contributed by atoms with E-state index in [0.29, 0.717) is 0 Å². The molecule has 1 saturated heterocycles. The number of carbonyl (C=O) groups is 2. The highest BCUT2D eigenvalue weighted by atomic mass is 16.2. The zero-order valence-electron chi connectivity index (χ0n) is 6.13. The van der Waals surface area contributed by atoms with E-state index >= 15 is 0 Å². The fraction of sp³-hybridized carbons (Fsp3) is 0.600. The molecule has 0 bridgehead atoms. The minimum Gasteiger partial charge on any atom is -0.296 e. The molecule has 0 aromatic heterocycles. The Morgan fingerprint density at radius 1 is 1.55 bits per heavy atom. The highest BCUT2D eigenvalue weighted by Gasteiger charge is 2.37. The van der Waals surface area contributed by atoms with Crippen LogP contribution in [0.1, 0.15) is 6.42 Å². The van der Waals surface area contributed by atoms with Crippen LogP contribution in [0.2, 0.25) is 0 Å². The lowest BCUT2D eigenvalue weighted by Crippen LogP contribution is -2.70. The Morgan fingerprint density at radius 3 is 2.55 bits per heavy atom. The normalized spacial score (nSPS) is 23.4. The number of carbonyl (C=O) groups excluding carboxylic acids is 2. The van der Waals surface area contributed by atoms with Crippen molar-refractivity contribution in [1.82, 2.24) is 10.2 Å². The third-order valence-electron chi connectivity index (χ3n) is 1.62. The second-order valence-electron chi connectivity index (χ2n) is 2.58. The maximum atomic E-state index is 10.9. The number of nitrogens with one attached hydrogen (secondary N) is 1. The molecule has 0 spiro atoms. The molecular formula is C5H10N4O2. The molecule has 6 nitrogen and oxygen atoms in total. The maximum Gasteiger partial charge on any atom is 0.326 e. The number of hydrogen-bond acceptors (Lipinski definition) is 4. The summed E-state index contributed by atoms with van der Waals surface area (Å²) in [5, 5.41) is 2.07. The van der Waals surface area contributed by atoms with Gasteiger partial charge in [-0.15, -0.1) is 0 Å². The summed E-state index contributed by atoms with van der Waals surface area (Å²) in [5.74, 6) is -1.79. The molecule has 6 heteroatoms. The van der Waals surface area contributed by atoms with E-state index in [1.165, 1.54) is 7.05 Å². The summed E-state index contributed by atoms with van der Waals surface area (Å²) in [4.78, 5) is 22.7. The van der Waals surface area contributed by atoms with Gasteiger partial charge in [-0.2, -0.15) is 0 Å². The minimum absolute atomic E-state index is 0.0742. The Labute approximate surface area is 63.5 Å². The summed E-state index contributed by atoms with van der Waals surface area (Å²) in [7, 11) is 1.43. The third-order valence-corrected chi connectivity index (χ3v) is 1.62. The van der Waals surface area contributed by atoms with Gasteiger partial charge < -0.3 is 0 Å². The molecule has 0 saturated carbocycles. The predicted molar refractivity (Wildman–Crippen MR) is 37.0 cm³/mol. The smallest absolute Gasteiger partial charge is 0.296 e. The summed E-state index contributed by atoms with van der Waals surface area (Å²) in [5.41, 5.74) is 10.8. The quantitative estimate of drug-likeness (QED) is 0.359. The van der Waals surface area contributed by atoms with Crippen molar-refractivity contribution in [3.63, 3.8) is 0 Å². The summed E-state index contributed by atoms with van der Waals surface area (Å²) in [6.07, 6.45) is -0.0742. The fourth-order valence-electron chi connectivity index (χ4n) is 0.812. The number of urea groups is 1. The van der Waals surface area contributed by atoms with Crippen LogP contribution in [0, 0.1) is 0 Å². The monoisotopic (exact) mass is 158 g/mol. The van der Waals surface area contributed by atoms with Crippen LogP contribution in [0.25, 0.3) is 0 Å². The number of amides is 3. The van der Waals surface area contributed by atoms with Gasteiger partial charge >= 0.3 is 6.03 Å². The topological polar surface area (TPSA) is 101 Å². The molecule has 0 atom stereocenters. The minimum atomic E-state index is -1.35. The fourth-order valence-corrected chi connectivity index (χ4v) is 0.812. The van der Waals surface area contributed by atoms with Crippen molar-refractivity contribution >= 4 is 11.9 Å². The molecule has 3 amide bonds. The highest BCUT2D eigenvalue weighted by Crippen LogP contribution is 2.09. The van der Waals surface area contributed by atoms with Crippen LogP contribution in [0.3, 0.4) is 0 Å². The molecule has 0 radical (unpaired) electrons. The Balaban J connectivity index is 2.83. The standard InChI is InChI=1S/C5H10N4O2/c1-9-4(11)8-3(10)2-5(9,6)7/h2,6-7H2,1H3,(H,8,10,11). The molecule has 0 aromatic rings. The Morgan fingerprint density at radius 2 is 2.09 bits per heavy atom. The number of nitrogens with two attached hydrogens (primary N) is 2. The first-order valence-electron chi connectivity index (χ1n) is 3.09. The van der Waals surface area contributed by atoms with E-state index in [0.717, 1.165) is 4.90 Å². The van der Waals surface area contributed by atoms with Gasteiger partial charge in [0.1, 0.15) is 0 Å². The maximum absolute atomic E-state index is 10.9. The van der Waals surface area contributed by atoms with E-state index in [-0.39, 0.29) is 6.42 Å². The van der Waals surface area contributed by atoms with Crippen molar-refractivity contribution in [2.24, 2.45) is 11.5 Å². The van der Waals surface area contributed by atoms with Crippen molar-refractivity contribution in [2.75, 3.05) is 7.05 Å². The Kier molecular flexibility index (Phi) is 1.57. The Bertz CT molecular complexity index is 213. The lowest BCUT2D eigenvalue weighted by Gasteiger charge is -2.37. The van der Waals surface area contributed by atoms with Crippen molar-refractivity contribution < 1.29 is 9.59 Å². The molecule has 1 fully saturated rings. The van der Waals surface area contributed by atoms with Crippen LogP contribution in [0.15, 0.2) is 0 Å². The molecule has 62 valence electrons. The second-order valence-corrected chi connectivity index (χ2v) is 2.58. The van der Waals surface area contributed by atoms with Crippen molar-refractivity contribution in [2.45, 2.75) is 12.2 Å². The third kappa shape index (κ3) is 1.31. The average molecular weight is 158 g/mol. The van der Waals surface area contributed by atoms with Gasteiger partial charge in [-0.05, 0) is 0 Å². The molecule has 5 N–H and O–H groups in total. The van der Waals surface area contributed by atoms with Gasteiger partial charge in [-0.3, -0.25) is 26.5 Å². The van der Waals surface area contributed by atoms with E-state index < -0.39 is 17.7 Å². The van der Waals surface area contributed by atoms with Gasteiger partial charge in [-0.1, -0.05) is 0 Å². The zero-order valence-corrected chi connectivity index (χ0v) is 6.13. The zero-order chi connectivity index (χ0) is 8.65. The lowest BCUT2D eigenvalue weighted by molar-refractivity contribution is -0.124. The Hall–Kier alpha value is -1.14. The van der Waals surface area contributed by atoms with E-state index in [9.17, 15) is 9.59 Å². The van der Waals surface area contributed by atoms with E-state index in [1.807, 2.05) is 0 Å². The number of hydrogen-bond donors (Lipinski definition) is 3. The van der Waals surface area contributed by atoms with Gasteiger partial charge in [0, 0.05) is 7.05 Å². The first kappa shape index (κ1) is 7.96. The number of imide groups is 1. The van der Waals surface area contributed by atoms with Gasteiger partial charge in [0.15, 0.2) is 5.79 Å². The molecule has 0 aliphatic carbocycles. The summed E-state index contributed by atoms with van der Waals surface area (Å²) >= 11 is 0. The molecule has 1 aliphatic rings. The van der Waals surface area contributed by atoms with E-state index in [2.05, 4.69) is 5.32 Å². The van der Waals surface area contributed by atoms with Crippen molar-refractivity contribution in [1.29, 1.82) is 0 Å². The van der Waals surface area contributed by atoms with Gasteiger partial charge in [0.2, 0.25) is 5.91 Å². The van der Waals surface area contributed by atoms with Crippen LogP contribution in [-0.4, -0.2) is 29.7 Å². The molecule has 0 aromatic carbocycles. The molecule has 0 unspecified atom stereocenters. The van der Waals surface area contributed by atoms with Crippen LogP contribution in [-0.2, 0) is 4.79 Å². The SMILES string of the molecule is CN1C(=O)NC(=O)CC1(N)N. The average Bonchev–Trinajstić information content (AvgIpc) is 1.81. The first-order valence-corrected chi connectivity index (χ1v) is 3.09. The molecule has 11 heavy (non-hydrogen) atoms. The second kappa shape index (κ2) is 2.18. The summed E-state index contributed by atoms with van der Waals surface area (Å²) in [6, 6.07) is -0.564. The van der Waals surface area contributed by atoms with Crippen LogP contribution in [0.4, 0.5) is 4.79 Å². The van der Waals surface area contributed by atoms with Crippen molar-refractivity contribution in [3.05, 3.63) is 0 Å². The summed E-state index contributed by atoms with van der Waals surface area (Å²) < 4.78 is 0. The predicted octanol–water partition coefficient (Wildman–Crippen LogP) is -1.87. The molecule has 1 aliphatic heterocycles. The lowest BCUT2D eigenvalue weighted by atomic mass is 10.2. The van der Waals surface area contributed by atoms with Crippen molar-refractivity contribution in [3.8, 4) is 0 Å². The first-order chi connectivity index (χ1) is 4.93. The molecular weight excluding hydrogens is 148 g/mol. The largest absolute Gasteiger partial charge is 0.326 e. The highest BCUT2D eigenvalue weighted by molar-refractivity contribution is 5.97. The molecule has 1 rings (SSSR count). The number of rotatable bonds is 0.